The summed E-state index contributed by atoms with van der Waals surface area (Å²) in [7, 11) is 1.79. The van der Waals surface area contributed by atoms with E-state index >= 15 is 0 Å². The van der Waals surface area contributed by atoms with E-state index in [0.717, 1.165) is 38.4 Å². The average molecular weight is 458 g/mol. The van der Waals surface area contributed by atoms with Crippen LogP contribution in [0.25, 0.3) is 0 Å². The number of aliphatic imine (C=N–C) groups is 1. The molecule has 0 bridgehead atoms. The van der Waals surface area contributed by atoms with Crippen molar-refractivity contribution in [1.29, 1.82) is 0 Å². The van der Waals surface area contributed by atoms with Crippen molar-refractivity contribution in [3.63, 3.8) is 0 Å². The Bertz CT molecular complexity index is 550. The van der Waals surface area contributed by atoms with Crippen molar-refractivity contribution in [3.05, 3.63) is 35.9 Å². The van der Waals surface area contributed by atoms with Crippen molar-refractivity contribution in [2.24, 2.45) is 4.99 Å². The molecule has 2 rings (SSSR count). The molecule has 0 aromatic heterocycles. The predicted molar refractivity (Wildman–Crippen MR) is 115 cm³/mol. The van der Waals surface area contributed by atoms with Crippen molar-refractivity contribution >= 4 is 35.8 Å². The van der Waals surface area contributed by atoms with Gasteiger partial charge in [0.2, 0.25) is 5.91 Å². The van der Waals surface area contributed by atoms with Crippen LogP contribution in [-0.2, 0) is 4.79 Å². The predicted octanol–water partition coefficient (Wildman–Crippen LogP) is 2.97. The van der Waals surface area contributed by atoms with E-state index in [2.05, 4.69) is 52.9 Å². The molecule has 1 fully saturated rings. The number of nitrogens with one attached hydrogen (secondary N) is 2. The molecule has 1 aromatic carbocycles. The van der Waals surface area contributed by atoms with E-state index in [4.69, 9.17) is 0 Å². The summed E-state index contributed by atoms with van der Waals surface area (Å²) in [6.07, 6.45) is 2.61. The second-order valence-corrected chi connectivity index (χ2v) is 6.42. The number of carbonyl (C=O) groups excluding carboxylic acids is 1. The molecule has 2 N–H and O–H groups in total. The standard InChI is InChI=1S/C19H30N4O.HI/c1-4-18(24)23-13-11-17(14-23)22-19(20-3)21-12-10-15(2)16-8-6-5-7-9-16;/h5-9,15,17H,4,10-14H2,1-3H3,(H2,20,21,22);1H. The van der Waals surface area contributed by atoms with E-state index in [1.165, 1.54) is 5.56 Å². The van der Waals surface area contributed by atoms with E-state index in [1.807, 2.05) is 11.8 Å². The molecule has 6 heteroatoms. The topological polar surface area (TPSA) is 56.7 Å². The number of amides is 1. The third-order valence-corrected chi connectivity index (χ3v) is 4.65. The van der Waals surface area contributed by atoms with Crippen LogP contribution in [-0.4, -0.2) is 49.5 Å². The maximum absolute atomic E-state index is 11.7. The summed E-state index contributed by atoms with van der Waals surface area (Å²) < 4.78 is 0. The molecule has 1 aliphatic rings. The van der Waals surface area contributed by atoms with Crippen LogP contribution in [0.5, 0.6) is 0 Å². The molecule has 1 aromatic rings. The average Bonchev–Trinajstić information content (AvgIpc) is 3.09. The summed E-state index contributed by atoms with van der Waals surface area (Å²) in [6.45, 7) is 6.65. The highest BCUT2D eigenvalue weighted by atomic mass is 127. The molecule has 1 aliphatic heterocycles. The Kier molecular flexibility index (Phi) is 9.85. The summed E-state index contributed by atoms with van der Waals surface area (Å²) in [6, 6.07) is 10.9. The first kappa shape index (κ1) is 21.7. The van der Waals surface area contributed by atoms with Gasteiger partial charge in [-0.25, -0.2) is 0 Å². The monoisotopic (exact) mass is 458 g/mol. The quantitative estimate of drug-likeness (QED) is 0.392. The molecule has 1 amide bonds. The fourth-order valence-corrected chi connectivity index (χ4v) is 3.07. The zero-order valence-electron chi connectivity index (χ0n) is 15.5. The first-order chi connectivity index (χ1) is 11.6. The van der Waals surface area contributed by atoms with Gasteiger partial charge >= 0.3 is 0 Å². The van der Waals surface area contributed by atoms with Gasteiger partial charge in [-0.2, -0.15) is 0 Å². The van der Waals surface area contributed by atoms with E-state index in [0.29, 0.717) is 18.4 Å². The molecule has 1 heterocycles. The zero-order chi connectivity index (χ0) is 17.4. The van der Waals surface area contributed by atoms with Crippen LogP contribution in [0.1, 0.15) is 44.6 Å². The second kappa shape index (κ2) is 11.3. The summed E-state index contributed by atoms with van der Waals surface area (Å²) in [4.78, 5) is 18.0. The zero-order valence-corrected chi connectivity index (χ0v) is 17.8. The molecule has 5 nitrogen and oxygen atoms in total. The van der Waals surface area contributed by atoms with Crippen LogP contribution >= 0.6 is 24.0 Å². The number of nitrogens with zero attached hydrogens (tertiary/aromatic N) is 2. The van der Waals surface area contributed by atoms with E-state index in [-0.39, 0.29) is 29.9 Å². The van der Waals surface area contributed by atoms with Gasteiger partial charge in [0.15, 0.2) is 5.96 Å². The van der Waals surface area contributed by atoms with Crippen molar-refractivity contribution in [3.8, 4) is 0 Å². The Labute approximate surface area is 168 Å². The van der Waals surface area contributed by atoms with Crippen LogP contribution in [0, 0.1) is 0 Å². The Hall–Kier alpha value is -1.31. The van der Waals surface area contributed by atoms with Gasteiger partial charge in [0.25, 0.3) is 0 Å². The molecular formula is C19H31IN4O. The lowest BCUT2D eigenvalue weighted by Crippen LogP contribution is -2.45. The van der Waals surface area contributed by atoms with Gasteiger partial charge in [0.1, 0.15) is 0 Å². The van der Waals surface area contributed by atoms with Crippen molar-refractivity contribution in [2.75, 3.05) is 26.7 Å². The van der Waals surface area contributed by atoms with Gasteiger partial charge in [0.05, 0.1) is 0 Å². The van der Waals surface area contributed by atoms with Gasteiger partial charge < -0.3 is 15.5 Å². The minimum absolute atomic E-state index is 0. The second-order valence-electron chi connectivity index (χ2n) is 6.42. The third-order valence-electron chi connectivity index (χ3n) is 4.65. The smallest absolute Gasteiger partial charge is 0.222 e. The van der Waals surface area contributed by atoms with Crippen molar-refractivity contribution in [2.45, 2.75) is 45.1 Å². The van der Waals surface area contributed by atoms with Crippen LogP contribution in [0.15, 0.2) is 35.3 Å². The molecule has 0 saturated carbocycles. The fourth-order valence-electron chi connectivity index (χ4n) is 3.07. The lowest BCUT2D eigenvalue weighted by Gasteiger charge is -2.19. The highest BCUT2D eigenvalue weighted by Crippen LogP contribution is 2.17. The van der Waals surface area contributed by atoms with Crippen LogP contribution < -0.4 is 10.6 Å². The summed E-state index contributed by atoms with van der Waals surface area (Å²) >= 11 is 0. The number of benzene rings is 1. The lowest BCUT2D eigenvalue weighted by atomic mass is 9.98. The van der Waals surface area contributed by atoms with Crippen LogP contribution in [0.3, 0.4) is 0 Å². The molecule has 2 atom stereocenters. The normalized spacial score (nSPS) is 18.4. The maximum Gasteiger partial charge on any atom is 0.222 e. The number of likely N-dealkylation sites (tertiary alicyclic amines) is 1. The minimum Gasteiger partial charge on any atom is -0.356 e. The van der Waals surface area contributed by atoms with Gasteiger partial charge in [-0.05, 0) is 24.3 Å². The first-order valence-corrected chi connectivity index (χ1v) is 8.94. The third kappa shape index (κ3) is 6.84. The number of hydrogen-bond acceptors (Lipinski definition) is 2. The summed E-state index contributed by atoms with van der Waals surface area (Å²) in [5.41, 5.74) is 1.37. The lowest BCUT2D eigenvalue weighted by molar-refractivity contribution is -0.129. The van der Waals surface area contributed by atoms with E-state index < -0.39 is 0 Å². The molecule has 140 valence electrons. The van der Waals surface area contributed by atoms with Crippen LogP contribution in [0.2, 0.25) is 0 Å². The Morgan fingerprint density at radius 1 is 1.36 bits per heavy atom. The number of carbonyl (C=O) groups is 1. The number of hydrogen-bond donors (Lipinski definition) is 2. The summed E-state index contributed by atoms with van der Waals surface area (Å²) in [5.74, 6) is 1.57. The summed E-state index contributed by atoms with van der Waals surface area (Å²) in [5, 5.41) is 6.82. The minimum atomic E-state index is 0. The molecule has 0 radical (unpaired) electrons. The van der Waals surface area contributed by atoms with Gasteiger partial charge in [-0.3, -0.25) is 9.79 Å². The van der Waals surface area contributed by atoms with Gasteiger partial charge in [0, 0.05) is 39.1 Å². The van der Waals surface area contributed by atoms with Crippen LogP contribution in [0.4, 0.5) is 0 Å². The van der Waals surface area contributed by atoms with Crippen molar-refractivity contribution in [1.82, 2.24) is 15.5 Å². The molecule has 2 unspecified atom stereocenters. The fraction of sp³-hybridized carbons (Fsp3) is 0.579. The van der Waals surface area contributed by atoms with E-state index in [9.17, 15) is 4.79 Å². The SMILES string of the molecule is CCC(=O)N1CCC(NC(=NC)NCCC(C)c2ccccc2)C1.I. The highest BCUT2D eigenvalue weighted by Gasteiger charge is 2.25. The molecule has 0 spiro atoms. The molecule has 25 heavy (non-hydrogen) atoms. The Morgan fingerprint density at radius 3 is 2.72 bits per heavy atom. The highest BCUT2D eigenvalue weighted by molar-refractivity contribution is 14.0. The molecular weight excluding hydrogens is 427 g/mol. The number of rotatable bonds is 6. The van der Waals surface area contributed by atoms with Gasteiger partial charge in [-0.15, -0.1) is 24.0 Å². The number of halogens is 1. The van der Waals surface area contributed by atoms with Gasteiger partial charge in [-0.1, -0.05) is 44.2 Å². The number of guanidine groups is 1. The van der Waals surface area contributed by atoms with E-state index in [1.54, 1.807) is 7.05 Å². The largest absolute Gasteiger partial charge is 0.356 e. The first-order valence-electron chi connectivity index (χ1n) is 8.94. The molecule has 1 saturated heterocycles. The Morgan fingerprint density at radius 2 is 2.08 bits per heavy atom. The molecule has 0 aliphatic carbocycles. The van der Waals surface area contributed by atoms with Crippen molar-refractivity contribution < 1.29 is 4.79 Å². The maximum atomic E-state index is 11.7. The Balaban J connectivity index is 0.00000312.